The molecule has 5 heteroatoms. The number of rotatable bonds is 7. The van der Waals surface area contributed by atoms with E-state index < -0.39 is 0 Å². The van der Waals surface area contributed by atoms with E-state index in [4.69, 9.17) is 0 Å². The first-order valence-corrected chi connectivity index (χ1v) is 8.22. The van der Waals surface area contributed by atoms with Gasteiger partial charge in [-0.05, 0) is 42.5 Å². The summed E-state index contributed by atoms with van der Waals surface area (Å²) in [6.07, 6.45) is 3.00. The second kappa shape index (κ2) is 7.53. The quantitative estimate of drug-likeness (QED) is 0.820. The summed E-state index contributed by atoms with van der Waals surface area (Å²) >= 11 is 0. The largest absolute Gasteiger partial charge is 0.396 e. The molecule has 126 valence electrons. The first kappa shape index (κ1) is 16.6. The number of amides is 1. The molecule has 2 aromatic rings. The molecule has 3 unspecified atom stereocenters. The second-order valence-electron chi connectivity index (χ2n) is 6.29. The van der Waals surface area contributed by atoms with Gasteiger partial charge in [0.2, 0.25) is 5.91 Å². The number of halogens is 1. The third-order valence-corrected chi connectivity index (χ3v) is 4.48. The Kier molecular flexibility index (Phi) is 5.20. The lowest BCUT2D eigenvalue weighted by atomic mass is 10.0. The number of nitrogens with one attached hydrogen (secondary N) is 1. The van der Waals surface area contributed by atoms with Crippen molar-refractivity contribution in [1.82, 2.24) is 10.3 Å². The number of nitrogens with zero attached hydrogens (tertiary/aromatic N) is 1. The summed E-state index contributed by atoms with van der Waals surface area (Å²) in [6.45, 7) is 0.380. The molecular weight excluding hydrogens is 307 g/mol. The molecule has 3 atom stereocenters. The molecule has 0 saturated heterocycles. The Morgan fingerprint density at radius 3 is 2.79 bits per heavy atom. The highest BCUT2D eigenvalue weighted by molar-refractivity contribution is 5.82. The highest BCUT2D eigenvalue weighted by Gasteiger charge is 2.45. The molecule has 1 aromatic carbocycles. The Morgan fingerprint density at radius 2 is 2.08 bits per heavy atom. The van der Waals surface area contributed by atoms with Crippen molar-refractivity contribution in [3.63, 3.8) is 0 Å². The molecule has 24 heavy (non-hydrogen) atoms. The molecule has 0 aliphatic heterocycles. The molecular formula is C19H21FN2O2. The van der Waals surface area contributed by atoms with Gasteiger partial charge in [-0.15, -0.1) is 0 Å². The summed E-state index contributed by atoms with van der Waals surface area (Å²) in [5, 5.41) is 12.4. The predicted octanol–water partition coefficient (Wildman–Crippen LogP) is 2.29. The van der Waals surface area contributed by atoms with Gasteiger partial charge in [-0.3, -0.25) is 9.78 Å². The number of hydrogen-bond acceptors (Lipinski definition) is 3. The average Bonchev–Trinajstić information content (AvgIpc) is 3.40. The zero-order chi connectivity index (χ0) is 16.9. The average molecular weight is 328 g/mol. The van der Waals surface area contributed by atoms with Crippen LogP contribution in [0, 0.1) is 17.7 Å². The van der Waals surface area contributed by atoms with Crippen molar-refractivity contribution in [1.29, 1.82) is 0 Å². The third-order valence-electron chi connectivity index (χ3n) is 4.48. The third kappa shape index (κ3) is 3.97. The summed E-state index contributed by atoms with van der Waals surface area (Å²) in [5.74, 6) is -0.593. The van der Waals surface area contributed by atoms with Gasteiger partial charge in [-0.2, -0.15) is 0 Å². The summed E-state index contributed by atoms with van der Waals surface area (Å²) in [4.78, 5) is 16.5. The van der Waals surface area contributed by atoms with Gasteiger partial charge in [-0.25, -0.2) is 4.39 Å². The Morgan fingerprint density at radius 1 is 1.29 bits per heavy atom. The molecule has 2 N–H and O–H groups in total. The molecule has 3 rings (SSSR count). The van der Waals surface area contributed by atoms with E-state index in [1.165, 1.54) is 6.07 Å². The van der Waals surface area contributed by atoms with E-state index in [-0.39, 0.29) is 36.1 Å². The van der Waals surface area contributed by atoms with E-state index in [1.807, 2.05) is 18.2 Å². The van der Waals surface area contributed by atoms with Crippen LogP contribution in [-0.4, -0.2) is 29.1 Å². The van der Waals surface area contributed by atoms with Gasteiger partial charge in [-0.1, -0.05) is 24.3 Å². The van der Waals surface area contributed by atoms with Gasteiger partial charge < -0.3 is 10.4 Å². The number of hydrogen-bond donors (Lipinski definition) is 2. The minimum Gasteiger partial charge on any atom is -0.396 e. The van der Waals surface area contributed by atoms with Gasteiger partial charge in [0, 0.05) is 36.9 Å². The monoisotopic (exact) mass is 328 g/mol. The standard InChI is InChI=1S/C19H21FN2O2/c20-18-7-2-1-6-15(18)16-10-17(16)19(24)22-11-13(12-23)9-14-5-3-4-8-21-14/h1-8,13,16-17,23H,9-12H2,(H,22,24). The molecule has 1 amide bonds. The molecule has 1 heterocycles. The van der Waals surface area contributed by atoms with Crippen molar-refractivity contribution in [2.24, 2.45) is 11.8 Å². The zero-order valence-corrected chi connectivity index (χ0v) is 13.4. The van der Waals surface area contributed by atoms with Crippen LogP contribution in [-0.2, 0) is 11.2 Å². The van der Waals surface area contributed by atoms with Crippen LogP contribution < -0.4 is 5.32 Å². The number of carbonyl (C=O) groups is 1. The fraction of sp³-hybridized carbons (Fsp3) is 0.368. The lowest BCUT2D eigenvalue weighted by Crippen LogP contribution is -2.33. The summed E-state index contributed by atoms with van der Waals surface area (Å²) in [7, 11) is 0. The van der Waals surface area contributed by atoms with Crippen LogP contribution in [0.25, 0.3) is 0 Å². The van der Waals surface area contributed by atoms with E-state index in [0.717, 1.165) is 5.69 Å². The molecule has 1 aliphatic carbocycles. The van der Waals surface area contributed by atoms with E-state index >= 15 is 0 Å². The van der Waals surface area contributed by atoms with Gasteiger partial charge in [0.05, 0.1) is 0 Å². The van der Waals surface area contributed by atoms with E-state index in [1.54, 1.807) is 24.4 Å². The Hall–Kier alpha value is -2.27. The van der Waals surface area contributed by atoms with E-state index in [0.29, 0.717) is 24.9 Å². The molecule has 1 aliphatic rings. The molecule has 1 saturated carbocycles. The molecule has 0 radical (unpaired) electrons. The van der Waals surface area contributed by atoms with Crippen molar-refractivity contribution in [3.8, 4) is 0 Å². The first-order valence-electron chi connectivity index (χ1n) is 8.22. The highest BCUT2D eigenvalue weighted by Crippen LogP contribution is 2.48. The van der Waals surface area contributed by atoms with E-state index in [2.05, 4.69) is 10.3 Å². The van der Waals surface area contributed by atoms with Crippen LogP contribution >= 0.6 is 0 Å². The van der Waals surface area contributed by atoms with Crippen LogP contribution in [0.4, 0.5) is 4.39 Å². The lowest BCUT2D eigenvalue weighted by Gasteiger charge is -2.14. The molecule has 0 bridgehead atoms. The number of aromatic nitrogens is 1. The van der Waals surface area contributed by atoms with Crippen molar-refractivity contribution >= 4 is 5.91 Å². The summed E-state index contributed by atoms with van der Waals surface area (Å²) in [5.41, 5.74) is 1.51. The predicted molar refractivity (Wildman–Crippen MR) is 88.8 cm³/mol. The molecule has 0 spiro atoms. The number of benzene rings is 1. The Labute approximate surface area is 140 Å². The van der Waals surface area contributed by atoms with Crippen LogP contribution in [0.2, 0.25) is 0 Å². The van der Waals surface area contributed by atoms with Gasteiger partial charge in [0.25, 0.3) is 0 Å². The zero-order valence-electron chi connectivity index (χ0n) is 13.4. The maximum absolute atomic E-state index is 13.8. The second-order valence-corrected chi connectivity index (χ2v) is 6.29. The maximum Gasteiger partial charge on any atom is 0.223 e. The summed E-state index contributed by atoms with van der Waals surface area (Å²) in [6, 6.07) is 12.3. The Balaban J connectivity index is 1.50. The van der Waals surface area contributed by atoms with Gasteiger partial charge in [0.1, 0.15) is 5.82 Å². The summed E-state index contributed by atoms with van der Waals surface area (Å²) < 4.78 is 13.8. The SMILES string of the molecule is O=C(NCC(CO)Cc1ccccn1)C1CC1c1ccccc1F. The van der Waals surface area contributed by atoms with Crippen molar-refractivity contribution < 1.29 is 14.3 Å². The van der Waals surface area contributed by atoms with E-state index in [9.17, 15) is 14.3 Å². The smallest absolute Gasteiger partial charge is 0.223 e. The molecule has 1 aromatic heterocycles. The van der Waals surface area contributed by atoms with Crippen LogP contribution in [0.1, 0.15) is 23.6 Å². The van der Waals surface area contributed by atoms with Crippen LogP contribution in [0.3, 0.4) is 0 Å². The van der Waals surface area contributed by atoms with Crippen LogP contribution in [0.5, 0.6) is 0 Å². The number of aliphatic hydroxyl groups is 1. The first-order chi connectivity index (χ1) is 11.7. The Bertz CT molecular complexity index is 693. The number of pyridine rings is 1. The lowest BCUT2D eigenvalue weighted by molar-refractivity contribution is -0.122. The van der Waals surface area contributed by atoms with Gasteiger partial charge >= 0.3 is 0 Å². The highest BCUT2D eigenvalue weighted by atomic mass is 19.1. The molecule has 1 fully saturated rings. The molecule has 4 nitrogen and oxygen atoms in total. The normalized spacial score (nSPS) is 20.4. The maximum atomic E-state index is 13.8. The fourth-order valence-corrected chi connectivity index (χ4v) is 3.00. The van der Waals surface area contributed by atoms with Gasteiger partial charge in [0.15, 0.2) is 0 Å². The minimum atomic E-state index is -0.249. The fourth-order valence-electron chi connectivity index (χ4n) is 3.00. The van der Waals surface area contributed by atoms with Crippen molar-refractivity contribution in [3.05, 3.63) is 65.7 Å². The van der Waals surface area contributed by atoms with Crippen LogP contribution in [0.15, 0.2) is 48.7 Å². The number of carbonyl (C=O) groups excluding carboxylic acids is 1. The van der Waals surface area contributed by atoms with Crippen molar-refractivity contribution in [2.75, 3.05) is 13.2 Å². The number of aliphatic hydroxyl groups excluding tert-OH is 1. The topological polar surface area (TPSA) is 62.2 Å². The minimum absolute atomic E-state index is 0.0156. The van der Waals surface area contributed by atoms with Crippen molar-refractivity contribution in [2.45, 2.75) is 18.8 Å².